The van der Waals surface area contributed by atoms with Crippen LogP contribution in [0.25, 0.3) is 28.2 Å². The maximum absolute atomic E-state index is 14.5. The summed E-state index contributed by atoms with van der Waals surface area (Å²) in [6.07, 6.45) is 1.39. The van der Waals surface area contributed by atoms with Crippen LogP contribution in [0.1, 0.15) is 5.69 Å². The number of benzene rings is 1. The SMILES string of the molecule is NC(=O)Cc1cnc2ccc(-c3c(-c4cc(Cl)c(F)cc4F)ncn3CC(F)F)cn12. The average Bonchev–Trinajstić information content (AvgIpc) is 3.27. The number of fused-ring (bicyclic) bond motifs is 1. The zero-order valence-electron chi connectivity index (χ0n) is 15.7. The Kier molecular flexibility index (Phi) is 5.40. The quantitative estimate of drug-likeness (QED) is 0.354. The van der Waals surface area contributed by atoms with Gasteiger partial charge < -0.3 is 14.7 Å². The summed E-state index contributed by atoms with van der Waals surface area (Å²) < 4.78 is 57.3. The van der Waals surface area contributed by atoms with Crippen LogP contribution >= 0.6 is 11.6 Å². The lowest BCUT2D eigenvalue weighted by Gasteiger charge is -2.12. The maximum Gasteiger partial charge on any atom is 0.256 e. The van der Waals surface area contributed by atoms with Gasteiger partial charge in [-0.3, -0.25) is 4.79 Å². The molecule has 4 aromatic rings. The second kappa shape index (κ2) is 8.03. The molecule has 0 aliphatic carbocycles. The Labute approximate surface area is 177 Å². The van der Waals surface area contributed by atoms with Gasteiger partial charge in [0.1, 0.15) is 17.3 Å². The van der Waals surface area contributed by atoms with E-state index < -0.39 is 30.5 Å². The molecule has 4 rings (SSSR count). The van der Waals surface area contributed by atoms with Gasteiger partial charge in [0.15, 0.2) is 0 Å². The summed E-state index contributed by atoms with van der Waals surface area (Å²) in [5, 5.41) is -0.334. The van der Waals surface area contributed by atoms with Crippen molar-refractivity contribution in [3.8, 4) is 22.5 Å². The minimum atomic E-state index is -2.70. The lowest BCUT2D eigenvalue weighted by molar-refractivity contribution is -0.117. The zero-order valence-corrected chi connectivity index (χ0v) is 16.5. The molecule has 0 spiro atoms. The van der Waals surface area contributed by atoms with Crippen LogP contribution in [0.5, 0.6) is 0 Å². The number of pyridine rings is 1. The van der Waals surface area contributed by atoms with Crippen molar-refractivity contribution in [2.24, 2.45) is 5.73 Å². The Bertz CT molecular complexity index is 1300. The van der Waals surface area contributed by atoms with Gasteiger partial charge >= 0.3 is 0 Å². The molecule has 6 nitrogen and oxygen atoms in total. The molecule has 1 amide bonds. The predicted molar refractivity (Wildman–Crippen MR) is 106 cm³/mol. The highest BCUT2D eigenvalue weighted by Gasteiger charge is 2.22. The molecule has 0 fully saturated rings. The number of hydrogen-bond acceptors (Lipinski definition) is 3. The van der Waals surface area contributed by atoms with E-state index in [4.69, 9.17) is 17.3 Å². The number of aromatic nitrogens is 4. The molecule has 0 saturated carbocycles. The maximum atomic E-state index is 14.5. The number of halogens is 5. The van der Waals surface area contributed by atoms with Crippen LogP contribution in [-0.2, 0) is 17.8 Å². The number of carbonyl (C=O) groups is 1. The molecule has 0 aliphatic heterocycles. The minimum Gasteiger partial charge on any atom is -0.369 e. The van der Waals surface area contributed by atoms with Crippen LogP contribution in [0, 0.1) is 11.6 Å². The number of rotatable bonds is 6. The van der Waals surface area contributed by atoms with Crippen LogP contribution in [0.2, 0.25) is 5.02 Å². The Balaban J connectivity index is 1.94. The van der Waals surface area contributed by atoms with Gasteiger partial charge in [-0.25, -0.2) is 27.5 Å². The molecule has 1 aromatic carbocycles. The third kappa shape index (κ3) is 3.98. The normalized spacial score (nSPS) is 11.5. The van der Waals surface area contributed by atoms with E-state index in [2.05, 4.69) is 9.97 Å². The van der Waals surface area contributed by atoms with Crippen molar-refractivity contribution in [2.75, 3.05) is 0 Å². The fourth-order valence-corrected chi connectivity index (χ4v) is 3.52. The first-order valence-electron chi connectivity index (χ1n) is 8.97. The molecule has 0 bridgehead atoms. The monoisotopic (exact) mass is 451 g/mol. The number of primary amides is 1. The summed E-state index contributed by atoms with van der Waals surface area (Å²) in [6.45, 7) is -0.699. The molecular weight excluding hydrogens is 438 g/mol. The fraction of sp³-hybridized carbons (Fsp3) is 0.150. The van der Waals surface area contributed by atoms with E-state index in [0.29, 0.717) is 23.0 Å². The van der Waals surface area contributed by atoms with Crippen LogP contribution in [0.3, 0.4) is 0 Å². The molecule has 0 atom stereocenters. The van der Waals surface area contributed by atoms with Crippen LogP contribution in [0.15, 0.2) is 43.0 Å². The average molecular weight is 452 g/mol. The first kappa shape index (κ1) is 20.9. The van der Waals surface area contributed by atoms with Gasteiger partial charge in [-0.15, -0.1) is 0 Å². The highest BCUT2D eigenvalue weighted by atomic mass is 35.5. The molecular formula is C20H14ClF4N5O. The van der Waals surface area contributed by atoms with Gasteiger partial charge in [0.25, 0.3) is 6.43 Å². The van der Waals surface area contributed by atoms with Crippen molar-refractivity contribution in [3.63, 3.8) is 0 Å². The summed E-state index contributed by atoms with van der Waals surface area (Å²) in [5.41, 5.74) is 6.68. The Hall–Kier alpha value is -3.40. The summed E-state index contributed by atoms with van der Waals surface area (Å²) in [6, 6.07) is 4.87. The number of imidazole rings is 2. The highest BCUT2D eigenvalue weighted by Crippen LogP contribution is 2.35. The lowest BCUT2D eigenvalue weighted by atomic mass is 10.0. The molecule has 3 heterocycles. The van der Waals surface area contributed by atoms with Crippen molar-refractivity contribution in [2.45, 2.75) is 19.4 Å². The smallest absolute Gasteiger partial charge is 0.256 e. The third-order valence-electron chi connectivity index (χ3n) is 4.65. The molecule has 160 valence electrons. The van der Waals surface area contributed by atoms with Crippen LogP contribution in [0.4, 0.5) is 17.6 Å². The van der Waals surface area contributed by atoms with Gasteiger partial charge in [-0.2, -0.15) is 0 Å². The topological polar surface area (TPSA) is 78.2 Å². The van der Waals surface area contributed by atoms with Crippen molar-refractivity contribution < 1.29 is 22.4 Å². The third-order valence-corrected chi connectivity index (χ3v) is 4.94. The van der Waals surface area contributed by atoms with E-state index in [1.807, 2.05) is 0 Å². The Morgan fingerprint density at radius 1 is 1.16 bits per heavy atom. The molecule has 11 heteroatoms. The number of hydrogen-bond donors (Lipinski definition) is 1. The molecule has 0 unspecified atom stereocenters. The highest BCUT2D eigenvalue weighted by molar-refractivity contribution is 6.31. The molecule has 0 aliphatic rings. The standard InChI is InChI=1S/C20H14ClF4N5O/c21-13-4-12(14(22)5-15(13)23)19-20(29(9-28-19)8-16(24)25)10-1-2-18-27-6-11(3-17(26)31)30(18)7-10/h1-2,4-7,9,16H,3,8H2,(H2,26,31). The second-order valence-corrected chi connectivity index (χ2v) is 7.18. The van der Waals surface area contributed by atoms with Crippen LogP contribution in [-0.4, -0.2) is 31.3 Å². The van der Waals surface area contributed by atoms with E-state index >= 15 is 0 Å². The molecule has 3 aromatic heterocycles. The van der Waals surface area contributed by atoms with Crippen molar-refractivity contribution >= 4 is 23.2 Å². The number of carbonyl (C=O) groups excluding carboxylic acids is 1. The molecule has 0 saturated heterocycles. The van der Waals surface area contributed by atoms with E-state index in [9.17, 15) is 22.4 Å². The van der Waals surface area contributed by atoms with Crippen molar-refractivity contribution in [1.82, 2.24) is 18.9 Å². The van der Waals surface area contributed by atoms with E-state index in [-0.39, 0.29) is 28.4 Å². The summed E-state index contributed by atoms with van der Waals surface area (Å²) in [7, 11) is 0. The first-order chi connectivity index (χ1) is 14.7. The van der Waals surface area contributed by atoms with E-state index in [1.54, 1.807) is 22.7 Å². The van der Waals surface area contributed by atoms with E-state index in [1.165, 1.54) is 10.8 Å². The zero-order chi connectivity index (χ0) is 22.3. The van der Waals surface area contributed by atoms with Crippen LogP contribution < -0.4 is 5.73 Å². The first-order valence-corrected chi connectivity index (χ1v) is 9.35. The Morgan fingerprint density at radius 2 is 1.94 bits per heavy atom. The fourth-order valence-electron chi connectivity index (χ4n) is 3.35. The largest absolute Gasteiger partial charge is 0.369 e. The number of alkyl halides is 2. The van der Waals surface area contributed by atoms with Gasteiger partial charge in [-0.05, 0) is 18.2 Å². The molecule has 31 heavy (non-hydrogen) atoms. The second-order valence-electron chi connectivity index (χ2n) is 6.77. The van der Waals surface area contributed by atoms with Crippen molar-refractivity contribution in [3.05, 3.63) is 65.3 Å². The van der Waals surface area contributed by atoms with E-state index in [0.717, 1.165) is 12.4 Å². The van der Waals surface area contributed by atoms with Crippen molar-refractivity contribution in [1.29, 1.82) is 0 Å². The Morgan fingerprint density at radius 3 is 2.65 bits per heavy atom. The van der Waals surface area contributed by atoms with Gasteiger partial charge in [0.05, 0.1) is 41.4 Å². The van der Waals surface area contributed by atoms with Gasteiger partial charge in [-0.1, -0.05) is 11.6 Å². The summed E-state index contributed by atoms with van der Waals surface area (Å²) in [4.78, 5) is 19.6. The number of nitrogens with two attached hydrogens (primary N) is 1. The molecule has 0 radical (unpaired) electrons. The minimum absolute atomic E-state index is 0.0102. The predicted octanol–water partition coefficient (Wildman–Crippen LogP) is 4.09. The summed E-state index contributed by atoms with van der Waals surface area (Å²) >= 11 is 5.81. The number of nitrogens with zero attached hydrogens (tertiary/aromatic N) is 4. The summed E-state index contributed by atoms with van der Waals surface area (Å²) in [5.74, 6) is -2.46. The van der Waals surface area contributed by atoms with Gasteiger partial charge in [0, 0.05) is 29.6 Å². The lowest BCUT2D eigenvalue weighted by Crippen LogP contribution is -2.15. The molecule has 2 N–H and O–H groups in total. The van der Waals surface area contributed by atoms with Gasteiger partial charge in [0.2, 0.25) is 5.91 Å². The number of amides is 1.